The summed E-state index contributed by atoms with van der Waals surface area (Å²) in [5.41, 5.74) is 0. The molecule has 1 N–H and O–H groups in total. The van der Waals surface area contributed by atoms with Crippen LogP contribution in [-0.2, 0) is 0 Å². The van der Waals surface area contributed by atoms with Crippen LogP contribution in [0.15, 0.2) is 0 Å². The van der Waals surface area contributed by atoms with E-state index >= 15 is 0 Å². The Kier molecular flexibility index (Phi) is 3.53. The standard InChI is InChI=1S/C10H22N2/c1-5-11-10-6-9(3)12(4)7-8(10)2/h8-11H,5-7H2,1-4H3. The van der Waals surface area contributed by atoms with Gasteiger partial charge in [-0.05, 0) is 32.9 Å². The molecule has 1 aliphatic heterocycles. The topological polar surface area (TPSA) is 15.3 Å². The third kappa shape index (κ3) is 2.20. The van der Waals surface area contributed by atoms with Gasteiger partial charge in [0, 0.05) is 18.6 Å². The van der Waals surface area contributed by atoms with Gasteiger partial charge in [0.25, 0.3) is 0 Å². The Labute approximate surface area is 76.3 Å². The molecule has 1 fully saturated rings. The van der Waals surface area contributed by atoms with E-state index in [4.69, 9.17) is 0 Å². The molecular weight excluding hydrogens is 148 g/mol. The molecule has 0 amide bonds. The van der Waals surface area contributed by atoms with Crippen LogP contribution in [0.3, 0.4) is 0 Å². The number of nitrogens with one attached hydrogen (secondary N) is 1. The van der Waals surface area contributed by atoms with Gasteiger partial charge < -0.3 is 10.2 Å². The summed E-state index contributed by atoms with van der Waals surface area (Å²) in [6.07, 6.45) is 1.30. The molecule has 12 heavy (non-hydrogen) atoms. The van der Waals surface area contributed by atoms with Crippen molar-refractivity contribution in [1.82, 2.24) is 10.2 Å². The van der Waals surface area contributed by atoms with Crippen LogP contribution in [0.4, 0.5) is 0 Å². The van der Waals surface area contributed by atoms with E-state index in [2.05, 4.69) is 38.0 Å². The van der Waals surface area contributed by atoms with Crippen LogP contribution in [0.2, 0.25) is 0 Å². The molecule has 2 heteroatoms. The predicted molar refractivity (Wildman–Crippen MR) is 53.3 cm³/mol. The highest BCUT2D eigenvalue weighted by Crippen LogP contribution is 2.20. The quantitative estimate of drug-likeness (QED) is 0.672. The summed E-state index contributed by atoms with van der Waals surface area (Å²) in [6, 6.07) is 1.48. The zero-order valence-corrected chi connectivity index (χ0v) is 8.80. The lowest BCUT2D eigenvalue weighted by Crippen LogP contribution is -2.50. The summed E-state index contributed by atoms with van der Waals surface area (Å²) >= 11 is 0. The fourth-order valence-corrected chi connectivity index (χ4v) is 2.09. The second-order valence-corrected chi connectivity index (χ2v) is 4.17. The summed E-state index contributed by atoms with van der Waals surface area (Å²) in [4.78, 5) is 2.46. The molecule has 3 unspecified atom stereocenters. The van der Waals surface area contributed by atoms with Gasteiger partial charge in [0.15, 0.2) is 0 Å². The molecule has 0 spiro atoms. The Morgan fingerprint density at radius 2 is 2.08 bits per heavy atom. The minimum atomic E-state index is 0.737. The predicted octanol–water partition coefficient (Wildman–Crippen LogP) is 1.32. The van der Waals surface area contributed by atoms with Gasteiger partial charge in [-0.2, -0.15) is 0 Å². The molecular formula is C10H22N2. The number of piperidine rings is 1. The number of likely N-dealkylation sites (tertiary alicyclic amines) is 1. The zero-order valence-electron chi connectivity index (χ0n) is 8.80. The number of rotatable bonds is 2. The van der Waals surface area contributed by atoms with Crippen LogP contribution >= 0.6 is 0 Å². The van der Waals surface area contributed by atoms with Crippen LogP contribution in [0.5, 0.6) is 0 Å². The highest BCUT2D eigenvalue weighted by Gasteiger charge is 2.27. The van der Waals surface area contributed by atoms with E-state index in [0.717, 1.165) is 24.5 Å². The van der Waals surface area contributed by atoms with E-state index in [9.17, 15) is 0 Å². The lowest BCUT2D eigenvalue weighted by atomic mass is 9.90. The van der Waals surface area contributed by atoms with Gasteiger partial charge in [-0.15, -0.1) is 0 Å². The molecule has 0 radical (unpaired) electrons. The Bertz CT molecular complexity index is 136. The van der Waals surface area contributed by atoms with E-state index in [1.807, 2.05) is 0 Å². The largest absolute Gasteiger partial charge is 0.314 e. The minimum absolute atomic E-state index is 0.737. The number of nitrogens with zero attached hydrogens (tertiary/aromatic N) is 1. The van der Waals surface area contributed by atoms with Crippen molar-refractivity contribution in [3.63, 3.8) is 0 Å². The maximum Gasteiger partial charge on any atom is 0.0120 e. The molecule has 0 aromatic carbocycles. The van der Waals surface area contributed by atoms with Gasteiger partial charge in [-0.1, -0.05) is 13.8 Å². The highest BCUT2D eigenvalue weighted by molar-refractivity contribution is 4.85. The third-order valence-corrected chi connectivity index (χ3v) is 3.08. The maximum absolute atomic E-state index is 3.56. The van der Waals surface area contributed by atoms with Gasteiger partial charge in [0.1, 0.15) is 0 Å². The molecule has 1 rings (SSSR count). The van der Waals surface area contributed by atoms with Gasteiger partial charge >= 0.3 is 0 Å². The van der Waals surface area contributed by atoms with E-state index in [-0.39, 0.29) is 0 Å². The van der Waals surface area contributed by atoms with E-state index < -0.39 is 0 Å². The monoisotopic (exact) mass is 170 g/mol. The molecule has 72 valence electrons. The average Bonchev–Trinajstić information content (AvgIpc) is 2.01. The first kappa shape index (κ1) is 10.0. The van der Waals surface area contributed by atoms with Crippen LogP contribution < -0.4 is 5.32 Å². The van der Waals surface area contributed by atoms with Crippen LogP contribution in [0, 0.1) is 5.92 Å². The number of hydrogen-bond acceptors (Lipinski definition) is 2. The van der Waals surface area contributed by atoms with Crippen LogP contribution in [0.25, 0.3) is 0 Å². The van der Waals surface area contributed by atoms with Gasteiger partial charge in [-0.25, -0.2) is 0 Å². The molecule has 0 saturated carbocycles. The summed E-state index contributed by atoms with van der Waals surface area (Å²) in [7, 11) is 2.23. The first-order chi connectivity index (χ1) is 5.65. The molecule has 1 aliphatic rings. The van der Waals surface area contributed by atoms with Crippen molar-refractivity contribution in [1.29, 1.82) is 0 Å². The smallest absolute Gasteiger partial charge is 0.0120 e. The van der Waals surface area contributed by atoms with Gasteiger partial charge in [0.2, 0.25) is 0 Å². The minimum Gasteiger partial charge on any atom is -0.314 e. The van der Waals surface area contributed by atoms with Crippen molar-refractivity contribution in [3.05, 3.63) is 0 Å². The Morgan fingerprint density at radius 3 is 2.67 bits per heavy atom. The van der Waals surface area contributed by atoms with E-state index in [1.165, 1.54) is 13.0 Å². The summed E-state index contributed by atoms with van der Waals surface area (Å²) in [5, 5.41) is 3.56. The lowest BCUT2D eigenvalue weighted by Gasteiger charge is -2.40. The van der Waals surface area contributed by atoms with Crippen molar-refractivity contribution >= 4 is 0 Å². The molecule has 0 aliphatic carbocycles. The van der Waals surface area contributed by atoms with Gasteiger partial charge in [-0.3, -0.25) is 0 Å². The van der Waals surface area contributed by atoms with E-state index in [1.54, 1.807) is 0 Å². The van der Waals surface area contributed by atoms with Crippen LogP contribution in [0.1, 0.15) is 27.2 Å². The second kappa shape index (κ2) is 4.24. The van der Waals surface area contributed by atoms with Gasteiger partial charge in [0.05, 0.1) is 0 Å². The Hall–Kier alpha value is -0.0800. The fraction of sp³-hybridized carbons (Fsp3) is 1.00. The van der Waals surface area contributed by atoms with E-state index in [0.29, 0.717) is 0 Å². The van der Waals surface area contributed by atoms with Crippen molar-refractivity contribution in [3.8, 4) is 0 Å². The van der Waals surface area contributed by atoms with Crippen molar-refractivity contribution in [2.75, 3.05) is 20.1 Å². The first-order valence-electron chi connectivity index (χ1n) is 5.08. The summed E-state index contributed by atoms with van der Waals surface area (Å²) < 4.78 is 0. The molecule has 0 aromatic heterocycles. The highest BCUT2D eigenvalue weighted by atomic mass is 15.1. The van der Waals surface area contributed by atoms with Crippen molar-refractivity contribution in [2.45, 2.75) is 39.3 Å². The molecule has 2 nitrogen and oxygen atoms in total. The second-order valence-electron chi connectivity index (χ2n) is 4.17. The number of hydrogen-bond donors (Lipinski definition) is 1. The fourth-order valence-electron chi connectivity index (χ4n) is 2.09. The first-order valence-corrected chi connectivity index (χ1v) is 5.08. The SMILES string of the molecule is CCNC1CC(C)N(C)CC1C. The summed E-state index contributed by atoms with van der Waals surface area (Å²) in [5.74, 6) is 0.797. The molecule has 1 saturated heterocycles. The molecule has 3 atom stereocenters. The molecule has 0 bridgehead atoms. The zero-order chi connectivity index (χ0) is 9.14. The lowest BCUT2D eigenvalue weighted by molar-refractivity contribution is 0.123. The van der Waals surface area contributed by atoms with Crippen molar-refractivity contribution < 1.29 is 0 Å². The third-order valence-electron chi connectivity index (χ3n) is 3.08. The Morgan fingerprint density at radius 1 is 1.42 bits per heavy atom. The molecule has 0 aromatic rings. The summed E-state index contributed by atoms with van der Waals surface area (Å²) in [6.45, 7) is 9.19. The normalized spacial score (nSPS) is 38.5. The maximum atomic E-state index is 3.56. The molecule has 1 heterocycles. The Balaban J connectivity index is 2.43. The average molecular weight is 170 g/mol. The van der Waals surface area contributed by atoms with Crippen LogP contribution in [-0.4, -0.2) is 37.1 Å². The van der Waals surface area contributed by atoms with Crippen molar-refractivity contribution in [2.24, 2.45) is 5.92 Å².